The third-order valence-electron chi connectivity index (χ3n) is 5.46. The molecule has 1 amide bonds. The molecule has 0 saturated heterocycles. The molecule has 0 radical (unpaired) electrons. The first-order chi connectivity index (χ1) is 14.1. The minimum atomic E-state index is -0.452. The van der Waals surface area contributed by atoms with Crippen LogP contribution in [-0.4, -0.2) is 34.5 Å². The number of carbonyl (C=O) groups excluding carboxylic acids is 1. The second-order valence-electron chi connectivity index (χ2n) is 7.67. The van der Waals surface area contributed by atoms with Gasteiger partial charge in [0.25, 0.3) is 5.56 Å². The van der Waals surface area contributed by atoms with E-state index in [9.17, 15) is 9.59 Å². The van der Waals surface area contributed by atoms with Gasteiger partial charge >= 0.3 is 0 Å². The molecule has 0 spiro atoms. The highest BCUT2D eigenvalue weighted by Crippen LogP contribution is 2.39. The Hall–Kier alpha value is -2.60. The largest absolute Gasteiger partial charge is 0.348 e. The van der Waals surface area contributed by atoms with Gasteiger partial charge in [-0.1, -0.05) is 67.1 Å². The monoisotopic (exact) mass is 407 g/mol. The van der Waals surface area contributed by atoms with E-state index in [1.165, 1.54) is 11.8 Å². The highest BCUT2D eigenvalue weighted by molar-refractivity contribution is 8.00. The minimum Gasteiger partial charge on any atom is -0.348 e. The standard InChI is InChI=1S/C23H25N3O2S/c1-25(2)22(28)20(16-10-4-3-5-11-16)29-23-24-19-15-9-8-14-18(19)21(27)26(23)17-12-6-7-13-17/h3-5,8-11,14-15,17,20H,6-7,12-13H2,1-2H3. The predicted octanol–water partition coefficient (Wildman–Crippen LogP) is 4.43. The van der Waals surface area contributed by atoms with Gasteiger partial charge in [-0.25, -0.2) is 4.98 Å². The molecule has 1 aliphatic rings. The van der Waals surface area contributed by atoms with Crippen LogP contribution in [0.3, 0.4) is 0 Å². The van der Waals surface area contributed by atoms with Crippen molar-refractivity contribution in [3.63, 3.8) is 0 Å². The normalized spacial score (nSPS) is 15.5. The Morgan fingerprint density at radius 3 is 2.41 bits per heavy atom. The molecule has 1 aliphatic carbocycles. The zero-order valence-corrected chi connectivity index (χ0v) is 17.6. The predicted molar refractivity (Wildman–Crippen MR) is 117 cm³/mol. The van der Waals surface area contributed by atoms with Gasteiger partial charge in [-0.2, -0.15) is 0 Å². The zero-order valence-electron chi connectivity index (χ0n) is 16.7. The molecule has 4 rings (SSSR count). The highest BCUT2D eigenvalue weighted by Gasteiger charge is 2.29. The van der Waals surface area contributed by atoms with Crippen molar-refractivity contribution >= 4 is 28.6 Å². The van der Waals surface area contributed by atoms with Gasteiger partial charge < -0.3 is 4.90 Å². The first-order valence-corrected chi connectivity index (χ1v) is 10.9. The molecule has 0 bridgehead atoms. The smallest absolute Gasteiger partial charge is 0.262 e. The number of benzene rings is 2. The number of likely N-dealkylation sites (N-methyl/N-ethyl adjacent to an activating group) is 1. The van der Waals surface area contributed by atoms with Crippen molar-refractivity contribution < 1.29 is 4.79 Å². The molecule has 2 aromatic carbocycles. The quantitative estimate of drug-likeness (QED) is 0.464. The summed E-state index contributed by atoms with van der Waals surface area (Å²) in [5.41, 5.74) is 1.59. The molecule has 1 atom stereocenters. The van der Waals surface area contributed by atoms with Crippen LogP contribution in [0.15, 0.2) is 64.5 Å². The lowest BCUT2D eigenvalue weighted by Gasteiger charge is -2.24. The second kappa shape index (κ2) is 8.41. The van der Waals surface area contributed by atoms with Crippen LogP contribution in [0.5, 0.6) is 0 Å². The molecule has 6 heteroatoms. The van der Waals surface area contributed by atoms with Crippen molar-refractivity contribution in [3.05, 3.63) is 70.5 Å². The Labute approximate surface area is 174 Å². The number of nitrogens with zero attached hydrogens (tertiary/aromatic N) is 3. The van der Waals surface area contributed by atoms with E-state index in [4.69, 9.17) is 4.98 Å². The molecule has 0 N–H and O–H groups in total. The fourth-order valence-corrected chi connectivity index (χ4v) is 5.23. The van der Waals surface area contributed by atoms with Gasteiger partial charge in [-0.3, -0.25) is 14.2 Å². The van der Waals surface area contributed by atoms with E-state index in [1.807, 2.05) is 59.2 Å². The maximum Gasteiger partial charge on any atom is 0.262 e. The molecule has 1 saturated carbocycles. The van der Waals surface area contributed by atoms with Gasteiger partial charge in [-0.15, -0.1) is 0 Å². The lowest BCUT2D eigenvalue weighted by Crippen LogP contribution is -2.29. The Morgan fingerprint density at radius 1 is 1.07 bits per heavy atom. The van der Waals surface area contributed by atoms with Crippen molar-refractivity contribution in [1.82, 2.24) is 14.5 Å². The maximum atomic E-state index is 13.4. The average molecular weight is 408 g/mol. The zero-order chi connectivity index (χ0) is 20.4. The summed E-state index contributed by atoms with van der Waals surface area (Å²) in [5.74, 6) is -0.0124. The van der Waals surface area contributed by atoms with Gasteiger partial charge in [0, 0.05) is 20.1 Å². The maximum absolute atomic E-state index is 13.4. The summed E-state index contributed by atoms with van der Waals surface area (Å²) in [5, 5.41) is 0.815. The van der Waals surface area contributed by atoms with Crippen molar-refractivity contribution in [2.45, 2.75) is 42.1 Å². The fraction of sp³-hybridized carbons (Fsp3) is 0.348. The third kappa shape index (κ3) is 3.94. The summed E-state index contributed by atoms with van der Waals surface area (Å²) in [6.07, 6.45) is 4.19. The number of fused-ring (bicyclic) bond motifs is 1. The van der Waals surface area contributed by atoms with Crippen LogP contribution >= 0.6 is 11.8 Å². The molecule has 29 heavy (non-hydrogen) atoms. The molecule has 1 heterocycles. The minimum absolute atomic E-state index is 0.00545. The third-order valence-corrected chi connectivity index (χ3v) is 6.66. The number of para-hydroxylation sites is 1. The van der Waals surface area contributed by atoms with Gasteiger partial charge in [-0.05, 0) is 30.5 Å². The van der Waals surface area contributed by atoms with Crippen LogP contribution in [0, 0.1) is 0 Å². The Morgan fingerprint density at radius 2 is 1.72 bits per heavy atom. The van der Waals surface area contributed by atoms with Crippen LogP contribution in [0.2, 0.25) is 0 Å². The van der Waals surface area contributed by atoms with E-state index in [2.05, 4.69) is 0 Å². The number of aromatic nitrogens is 2. The molecule has 1 unspecified atom stereocenters. The van der Waals surface area contributed by atoms with E-state index in [0.29, 0.717) is 16.1 Å². The first-order valence-electron chi connectivity index (χ1n) is 10.0. The van der Waals surface area contributed by atoms with Crippen LogP contribution < -0.4 is 5.56 Å². The lowest BCUT2D eigenvalue weighted by atomic mass is 10.1. The molecule has 1 fully saturated rings. The summed E-state index contributed by atoms with van der Waals surface area (Å²) in [7, 11) is 3.52. The van der Waals surface area contributed by atoms with Crippen LogP contribution in [0.1, 0.15) is 42.5 Å². The highest BCUT2D eigenvalue weighted by atomic mass is 32.2. The molecular formula is C23H25N3O2S. The number of carbonyl (C=O) groups is 1. The molecule has 0 aliphatic heterocycles. The van der Waals surface area contributed by atoms with Crippen LogP contribution in [0.25, 0.3) is 10.9 Å². The first kappa shape index (κ1) is 19.7. The average Bonchev–Trinajstić information content (AvgIpc) is 3.26. The topological polar surface area (TPSA) is 55.2 Å². The van der Waals surface area contributed by atoms with Gasteiger partial charge in [0.15, 0.2) is 5.16 Å². The number of hydrogen-bond donors (Lipinski definition) is 0. The SMILES string of the molecule is CN(C)C(=O)C(Sc1nc2ccccc2c(=O)n1C1CCCC1)c1ccccc1. The molecule has 5 nitrogen and oxygen atoms in total. The number of rotatable bonds is 5. The second-order valence-corrected chi connectivity index (χ2v) is 8.74. The van der Waals surface area contributed by atoms with E-state index in [0.717, 1.165) is 31.2 Å². The van der Waals surface area contributed by atoms with Gasteiger partial charge in [0.2, 0.25) is 5.91 Å². The van der Waals surface area contributed by atoms with E-state index >= 15 is 0 Å². The summed E-state index contributed by atoms with van der Waals surface area (Å²) >= 11 is 1.38. The number of amides is 1. The van der Waals surface area contributed by atoms with Gasteiger partial charge in [0.1, 0.15) is 5.25 Å². The van der Waals surface area contributed by atoms with E-state index in [1.54, 1.807) is 19.0 Å². The lowest BCUT2D eigenvalue weighted by molar-refractivity contribution is -0.128. The summed E-state index contributed by atoms with van der Waals surface area (Å²) in [4.78, 5) is 32.8. The number of thioether (sulfide) groups is 1. The summed E-state index contributed by atoms with van der Waals surface area (Å²) in [6, 6.07) is 17.3. The van der Waals surface area contributed by atoms with Crippen molar-refractivity contribution in [2.24, 2.45) is 0 Å². The van der Waals surface area contributed by atoms with E-state index < -0.39 is 5.25 Å². The Balaban J connectivity index is 1.85. The Kier molecular flexibility index (Phi) is 5.72. The van der Waals surface area contributed by atoms with Gasteiger partial charge in [0.05, 0.1) is 10.9 Å². The van der Waals surface area contributed by atoms with Crippen molar-refractivity contribution in [3.8, 4) is 0 Å². The molecule has 3 aromatic rings. The van der Waals surface area contributed by atoms with E-state index in [-0.39, 0.29) is 17.5 Å². The number of hydrogen-bond acceptors (Lipinski definition) is 4. The van der Waals surface area contributed by atoms with Crippen LogP contribution in [-0.2, 0) is 4.79 Å². The fourth-order valence-electron chi connectivity index (χ4n) is 3.92. The molecule has 1 aromatic heterocycles. The molecular weight excluding hydrogens is 382 g/mol. The Bertz CT molecular complexity index is 1070. The van der Waals surface area contributed by atoms with Crippen LogP contribution in [0.4, 0.5) is 0 Å². The van der Waals surface area contributed by atoms with Crippen molar-refractivity contribution in [2.75, 3.05) is 14.1 Å². The summed E-state index contributed by atoms with van der Waals surface area (Å²) < 4.78 is 1.85. The van der Waals surface area contributed by atoms with Crippen molar-refractivity contribution in [1.29, 1.82) is 0 Å². The molecule has 150 valence electrons. The summed E-state index contributed by atoms with van der Waals surface area (Å²) in [6.45, 7) is 0.